The van der Waals surface area contributed by atoms with E-state index in [1.807, 2.05) is 11.6 Å². The summed E-state index contributed by atoms with van der Waals surface area (Å²) >= 11 is 0. The third-order valence-electron chi connectivity index (χ3n) is 9.27. The zero-order chi connectivity index (χ0) is 31.6. The van der Waals surface area contributed by atoms with Crippen molar-refractivity contribution in [2.24, 2.45) is 11.3 Å². The lowest BCUT2D eigenvalue weighted by atomic mass is 9.50. The topological polar surface area (TPSA) is 157 Å². The van der Waals surface area contributed by atoms with E-state index < -0.39 is 18.1 Å². The number of nitriles is 2. The van der Waals surface area contributed by atoms with Gasteiger partial charge in [0, 0.05) is 28.9 Å². The summed E-state index contributed by atoms with van der Waals surface area (Å²) in [6.45, 7) is 9.77. The molecule has 2 atom stereocenters. The molecule has 1 amide bonds. The summed E-state index contributed by atoms with van der Waals surface area (Å²) in [6.07, 6.45) is 4.87. The molecule has 3 aliphatic rings. The average Bonchev–Trinajstić information content (AvgIpc) is 3.38. The summed E-state index contributed by atoms with van der Waals surface area (Å²) < 4.78 is 16.0. The fraction of sp³-hybridized carbons (Fsp3) is 0.406. The quantitative estimate of drug-likeness (QED) is 0.244. The molecule has 3 saturated carbocycles. The lowest BCUT2D eigenvalue weighted by Crippen LogP contribution is -2.59. The van der Waals surface area contributed by atoms with Gasteiger partial charge in [0.15, 0.2) is 0 Å². The first-order chi connectivity index (χ1) is 20.8. The Morgan fingerprint density at radius 2 is 1.91 bits per heavy atom. The van der Waals surface area contributed by atoms with Crippen LogP contribution in [0.4, 0.5) is 20.6 Å². The van der Waals surface area contributed by atoms with Crippen molar-refractivity contribution < 1.29 is 14.3 Å². The summed E-state index contributed by atoms with van der Waals surface area (Å²) in [7, 11) is 0. The molecule has 0 saturated heterocycles. The van der Waals surface area contributed by atoms with Crippen molar-refractivity contribution in [1.29, 1.82) is 10.5 Å². The number of aromatic nitrogens is 5. The molecule has 3 heterocycles. The van der Waals surface area contributed by atoms with Gasteiger partial charge in [-0.15, -0.1) is 5.10 Å². The van der Waals surface area contributed by atoms with Crippen LogP contribution in [0.3, 0.4) is 0 Å². The van der Waals surface area contributed by atoms with E-state index in [1.165, 1.54) is 24.4 Å². The van der Waals surface area contributed by atoms with Gasteiger partial charge < -0.3 is 10.4 Å². The number of nitrogens with zero attached hydrogens (tertiary/aromatic N) is 8. The molecule has 224 valence electrons. The summed E-state index contributed by atoms with van der Waals surface area (Å²) in [5.41, 5.74) is 2.09. The molecule has 2 N–H and O–H groups in total. The van der Waals surface area contributed by atoms with Gasteiger partial charge in [-0.25, -0.2) is 14.5 Å². The minimum absolute atomic E-state index is 0.0920. The highest BCUT2D eigenvalue weighted by Gasteiger charge is 2.59. The zero-order valence-electron chi connectivity index (χ0n) is 25.1. The second-order valence-electron chi connectivity index (χ2n) is 13.0. The maximum atomic E-state index is 14.1. The van der Waals surface area contributed by atoms with Crippen molar-refractivity contribution >= 4 is 28.4 Å². The number of anilines is 2. The molecule has 1 aromatic carbocycles. The monoisotopic (exact) mass is 593 g/mol. The van der Waals surface area contributed by atoms with E-state index in [2.05, 4.69) is 58.5 Å². The van der Waals surface area contributed by atoms with Gasteiger partial charge in [-0.3, -0.25) is 9.88 Å². The van der Waals surface area contributed by atoms with Gasteiger partial charge >= 0.3 is 6.09 Å². The van der Waals surface area contributed by atoms with Crippen molar-refractivity contribution in [3.8, 4) is 12.1 Å². The van der Waals surface area contributed by atoms with Gasteiger partial charge in [-0.2, -0.15) is 14.9 Å². The van der Waals surface area contributed by atoms with E-state index in [0.29, 0.717) is 33.8 Å². The highest BCUT2D eigenvalue weighted by Crippen LogP contribution is 2.62. The normalized spacial score (nSPS) is 20.0. The number of carbonyl (C=O) groups is 1. The summed E-state index contributed by atoms with van der Waals surface area (Å²) in [5, 5.41) is 43.6. The van der Waals surface area contributed by atoms with Crippen LogP contribution >= 0.6 is 0 Å². The van der Waals surface area contributed by atoms with Crippen LogP contribution in [-0.2, 0) is 5.54 Å². The van der Waals surface area contributed by atoms with E-state index in [0.717, 1.165) is 24.2 Å². The Morgan fingerprint density at radius 3 is 2.48 bits per heavy atom. The minimum atomic E-state index is -1.33. The summed E-state index contributed by atoms with van der Waals surface area (Å²) in [6, 6.07) is 8.90. The van der Waals surface area contributed by atoms with Crippen LogP contribution < -0.4 is 10.2 Å². The first kappa shape index (κ1) is 29.0. The van der Waals surface area contributed by atoms with Crippen LogP contribution in [0.15, 0.2) is 36.7 Å². The van der Waals surface area contributed by atoms with Crippen LogP contribution in [0.1, 0.15) is 81.1 Å². The predicted molar refractivity (Wildman–Crippen MR) is 160 cm³/mol. The number of fused-ring (bicyclic) bond motifs is 1. The zero-order valence-corrected chi connectivity index (χ0v) is 25.1. The van der Waals surface area contributed by atoms with E-state index in [9.17, 15) is 24.8 Å². The second kappa shape index (κ2) is 10.3. The number of nitrogens with one attached hydrogen (secondary N) is 1. The fourth-order valence-corrected chi connectivity index (χ4v) is 6.16. The van der Waals surface area contributed by atoms with Gasteiger partial charge in [-0.1, -0.05) is 32.1 Å². The Kier molecular flexibility index (Phi) is 6.76. The lowest BCUT2D eigenvalue weighted by Gasteiger charge is -2.61. The highest BCUT2D eigenvalue weighted by atomic mass is 19.1. The molecule has 3 aromatic heterocycles. The molecule has 1 unspecified atom stereocenters. The SMILES string of the molecule is Cc1nc(F)ccc1[C@@H](c1cn(C23CC(C2)C3)nn1)N(C(=O)O)c1cc(C#N)c2ncc(C#N)c(NC(C)C(C)(C)C)c2c1. The smallest absolute Gasteiger partial charge is 0.412 e. The van der Waals surface area contributed by atoms with E-state index in [1.54, 1.807) is 19.2 Å². The number of hydrogen-bond acceptors (Lipinski definition) is 8. The fourth-order valence-electron chi connectivity index (χ4n) is 6.16. The third-order valence-corrected chi connectivity index (χ3v) is 9.27. The molecule has 0 aliphatic heterocycles. The van der Waals surface area contributed by atoms with Gasteiger partial charge in [0.1, 0.15) is 23.9 Å². The average molecular weight is 594 g/mol. The largest absolute Gasteiger partial charge is 0.465 e. The van der Waals surface area contributed by atoms with Crippen LogP contribution in [0.5, 0.6) is 0 Å². The first-order valence-electron chi connectivity index (χ1n) is 14.5. The maximum Gasteiger partial charge on any atom is 0.412 e. The Bertz CT molecular complexity index is 1880. The van der Waals surface area contributed by atoms with Crippen molar-refractivity contribution in [2.45, 2.75) is 71.5 Å². The van der Waals surface area contributed by atoms with Gasteiger partial charge in [-0.05, 0) is 62.6 Å². The van der Waals surface area contributed by atoms with Crippen molar-refractivity contribution in [2.75, 3.05) is 10.2 Å². The van der Waals surface area contributed by atoms with Crippen molar-refractivity contribution in [1.82, 2.24) is 25.0 Å². The third kappa shape index (κ3) is 4.67. The number of rotatable bonds is 7. The molecule has 7 rings (SSSR count). The molecule has 0 radical (unpaired) electrons. The number of aryl methyl sites for hydroxylation is 1. The standard InChI is InChI=1S/C32H32FN9O2/c1-17-23(6-7-26(33)37-17)29(25-16-41(40-39-25)32-10-19(11-32)12-32)42(30(43)44)22-8-20(13-34)27-24(9-22)28(21(14-35)15-36-27)38-18(2)31(3,4)5/h6-9,15-16,18-19,29H,10-12H2,1-5H3,(H,36,38)(H,43,44)/t18?,19?,29-,32?/m0/s1. The molecule has 11 nitrogen and oxygen atoms in total. The summed E-state index contributed by atoms with van der Waals surface area (Å²) in [4.78, 5) is 22.7. The lowest BCUT2D eigenvalue weighted by molar-refractivity contribution is -0.0989. The van der Waals surface area contributed by atoms with E-state index >= 15 is 0 Å². The Hall–Kier alpha value is -5.10. The van der Waals surface area contributed by atoms with E-state index in [4.69, 9.17) is 0 Å². The molecular weight excluding hydrogens is 561 g/mol. The van der Waals surface area contributed by atoms with Gasteiger partial charge in [0.05, 0.1) is 39.8 Å². The molecule has 12 heteroatoms. The Balaban J connectivity index is 1.57. The number of amides is 1. The van der Waals surface area contributed by atoms with Gasteiger partial charge in [0.2, 0.25) is 5.95 Å². The van der Waals surface area contributed by atoms with Gasteiger partial charge in [0.25, 0.3) is 0 Å². The first-order valence-corrected chi connectivity index (χ1v) is 14.5. The molecule has 3 fully saturated rings. The van der Waals surface area contributed by atoms with E-state index in [-0.39, 0.29) is 39.5 Å². The number of benzene rings is 1. The predicted octanol–water partition coefficient (Wildman–Crippen LogP) is 6.04. The second-order valence-corrected chi connectivity index (χ2v) is 13.0. The number of carboxylic acid groups (broad SMARTS) is 1. The van der Waals surface area contributed by atoms with Crippen LogP contribution in [0.2, 0.25) is 0 Å². The Morgan fingerprint density at radius 1 is 1.20 bits per heavy atom. The molecular formula is C32H32FN9O2. The molecule has 2 bridgehead atoms. The molecule has 0 spiro atoms. The van der Waals surface area contributed by atoms with Crippen molar-refractivity contribution in [3.05, 3.63) is 70.7 Å². The number of pyridine rings is 2. The van der Waals surface area contributed by atoms with Crippen LogP contribution in [0, 0.1) is 46.9 Å². The highest BCUT2D eigenvalue weighted by molar-refractivity contribution is 6.01. The maximum absolute atomic E-state index is 14.1. The van der Waals surface area contributed by atoms with Crippen LogP contribution in [-0.4, -0.2) is 42.2 Å². The number of hydrogen-bond donors (Lipinski definition) is 2. The molecule has 4 aromatic rings. The molecule has 44 heavy (non-hydrogen) atoms. The Labute approximate surface area is 254 Å². The number of halogens is 1. The van der Waals surface area contributed by atoms with Crippen LogP contribution in [0.25, 0.3) is 10.9 Å². The molecule has 3 aliphatic carbocycles. The van der Waals surface area contributed by atoms with Crippen molar-refractivity contribution in [3.63, 3.8) is 0 Å². The summed E-state index contributed by atoms with van der Waals surface area (Å²) in [5.74, 6) is -0.00381. The minimum Gasteiger partial charge on any atom is -0.465 e.